The van der Waals surface area contributed by atoms with Gasteiger partial charge >= 0.3 is 5.97 Å². The number of carbonyl (C=O) groups is 2. The molecular formula is C25H20ClN3O6. The third-order valence-electron chi connectivity index (χ3n) is 5.27. The number of esters is 1. The van der Waals surface area contributed by atoms with Crippen molar-refractivity contribution in [2.45, 2.75) is 13.8 Å². The number of aromatic hydroxyl groups is 1. The summed E-state index contributed by atoms with van der Waals surface area (Å²) in [5, 5.41) is 15.8. The zero-order chi connectivity index (χ0) is 25.1. The van der Waals surface area contributed by atoms with Crippen LogP contribution in [0, 0.1) is 6.92 Å². The molecule has 0 aliphatic rings. The number of rotatable bonds is 6. The highest BCUT2D eigenvalue weighted by Gasteiger charge is 2.19. The Bertz CT molecular complexity index is 1540. The molecule has 9 nitrogen and oxygen atoms in total. The summed E-state index contributed by atoms with van der Waals surface area (Å²) in [4.78, 5) is 37.6. The molecule has 0 atom stereocenters. The van der Waals surface area contributed by atoms with Crippen molar-refractivity contribution in [1.82, 2.24) is 9.99 Å². The fourth-order valence-corrected chi connectivity index (χ4v) is 3.84. The molecule has 0 unspecified atom stereocenters. The molecular weight excluding hydrogens is 474 g/mol. The summed E-state index contributed by atoms with van der Waals surface area (Å²) in [6, 6.07) is 12.4. The number of aryl methyl sites for hydroxylation is 1. The van der Waals surface area contributed by atoms with Gasteiger partial charge in [0.25, 0.3) is 11.5 Å². The maximum Gasteiger partial charge on any atom is 0.338 e. The first-order valence-corrected chi connectivity index (χ1v) is 10.9. The third-order valence-corrected chi connectivity index (χ3v) is 5.57. The lowest BCUT2D eigenvalue weighted by Crippen LogP contribution is -2.21. The van der Waals surface area contributed by atoms with Crippen LogP contribution in [0.4, 0.5) is 0 Å². The number of amides is 1. The summed E-state index contributed by atoms with van der Waals surface area (Å²) in [6.45, 7) is 3.52. The molecule has 0 fully saturated rings. The van der Waals surface area contributed by atoms with Crippen molar-refractivity contribution in [2.24, 2.45) is 5.10 Å². The van der Waals surface area contributed by atoms with Crippen molar-refractivity contribution in [3.05, 3.63) is 92.6 Å². The molecule has 4 rings (SSSR count). The summed E-state index contributed by atoms with van der Waals surface area (Å²) in [6.07, 6.45) is 2.63. The third kappa shape index (κ3) is 4.53. The number of halogens is 1. The van der Waals surface area contributed by atoms with Crippen LogP contribution in [0.2, 0.25) is 5.02 Å². The van der Waals surface area contributed by atoms with Gasteiger partial charge in [-0.3, -0.25) is 9.59 Å². The van der Waals surface area contributed by atoms with Gasteiger partial charge in [0, 0.05) is 10.8 Å². The second-order valence-electron chi connectivity index (χ2n) is 7.40. The second-order valence-corrected chi connectivity index (χ2v) is 7.81. The lowest BCUT2D eigenvalue weighted by molar-refractivity contribution is 0.0526. The Balaban J connectivity index is 1.80. The highest BCUT2D eigenvalue weighted by atomic mass is 35.5. The predicted octanol–water partition coefficient (Wildman–Crippen LogP) is 4.19. The second kappa shape index (κ2) is 9.86. The lowest BCUT2D eigenvalue weighted by atomic mass is 10.1. The number of furan rings is 1. The average molecular weight is 494 g/mol. The SMILES string of the molecule is CCOC(=O)c1ccc(-n2c(O)c(C=NNC(=O)c3ccoc3C)c3ccccc3c2=O)c(Cl)c1. The van der Waals surface area contributed by atoms with E-state index >= 15 is 0 Å². The molecule has 0 aliphatic heterocycles. The molecule has 1 amide bonds. The molecule has 2 N–H and O–H groups in total. The number of benzene rings is 2. The fourth-order valence-electron chi connectivity index (χ4n) is 3.58. The van der Waals surface area contributed by atoms with E-state index in [1.807, 2.05) is 0 Å². The van der Waals surface area contributed by atoms with Crippen LogP contribution in [-0.4, -0.2) is 34.4 Å². The minimum Gasteiger partial charge on any atom is -0.494 e. The van der Waals surface area contributed by atoms with E-state index in [0.717, 1.165) is 4.57 Å². The predicted molar refractivity (Wildman–Crippen MR) is 131 cm³/mol. The molecule has 0 saturated carbocycles. The minimum absolute atomic E-state index is 0.0508. The Morgan fingerprint density at radius 1 is 1.20 bits per heavy atom. The number of pyridine rings is 1. The van der Waals surface area contributed by atoms with E-state index in [1.54, 1.807) is 38.1 Å². The number of hydrazone groups is 1. The first kappa shape index (κ1) is 23.8. The molecule has 178 valence electrons. The largest absolute Gasteiger partial charge is 0.494 e. The first-order chi connectivity index (χ1) is 16.8. The van der Waals surface area contributed by atoms with E-state index < -0.39 is 23.3 Å². The zero-order valence-corrected chi connectivity index (χ0v) is 19.5. The summed E-state index contributed by atoms with van der Waals surface area (Å²) < 4.78 is 11.1. The molecule has 2 aromatic carbocycles. The average Bonchev–Trinajstić information content (AvgIpc) is 3.28. The van der Waals surface area contributed by atoms with Crippen LogP contribution < -0.4 is 11.0 Å². The molecule has 35 heavy (non-hydrogen) atoms. The molecule has 0 radical (unpaired) electrons. The highest BCUT2D eigenvalue weighted by molar-refractivity contribution is 6.32. The summed E-state index contributed by atoms with van der Waals surface area (Å²) in [5.41, 5.74) is 2.69. The van der Waals surface area contributed by atoms with Gasteiger partial charge in [0.15, 0.2) is 0 Å². The fraction of sp³-hybridized carbons (Fsp3) is 0.120. The first-order valence-electron chi connectivity index (χ1n) is 10.5. The normalized spacial score (nSPS) is 11.2. The van der Waals surface area contributed by atoms with Crippen molar-refractivity contribution in [1.29, 1.82) is 0 Å². The van der Waals surface area contributed by atoms with E-state index in [9.17, 15) is 19.5 Å². The van der Waals surface area contributed by atoms with Crippen molar-refractivity contribution in [2.75, 3.05) is 6.61 Å². The van der Waals surface area contributed by atoms with Gasteiger partial charge in [-0.05, 0) is 44.2 Å². The molecule has 0 bridgehead atoms. The number of nitrogens with one attached hydrogen (secondary N) is 1. The summed E-state index contributed by atoms with van der Waals surface area (Å²) in [7, 11) is 0. The maximum absolute atomic E-state index is 13.3. The number of fused-ring (bicyclic) bond motifs is 1. The van der Waals surface area contributed by atoms with Crippen LogP contribution in [-0.2, 0) is 4.74 Å². The van der Waals surface area contributed by atoms with Gasteiger partial charge in [0.1, 0.15) is 5.76 Å². The maximum atomic E-state index is 13.3. The standard InChI is InChI=1S/C25H20ClN3O6/c1-3-34-25(33)15-8-9-21(20(26)12-15)29-23(31)18-7-5-4-6-17(18)19(24(29)32)13-27-28-22(30)16-10-11-35-14(16)2/h4-13,32H,3H2,1-2H3,(H,28,30). The molecule has 0 spiro atoms. The molecule has 10 heteroatoms. The van der Waals surface area contributed by atoms with Crippen molar-refractivity contribution >= 4 is 40.5 Å². The van der Waals surface area contributed by atoms with Gasteiger partial charge < -0.3 is 14.3 Å². The number of aromatic nitrogens is 1. The summed E-state index contributed by atoms with van der Waals surface area (Å²) >= 11 is 6.40. The van der Waals surface area contributed by atoms with Crippen molar-refractivity contribution in [3.8, 4) is 11.6 Å². The topological polar surface area (TPSA) is 123 Å². The van der Waals surface area contributed by atoms with Crippen LogP contribution in [0.25, 0.3) is 16.5 Å². The molecule has 0 aliphatic carbocycles. The van der Waals surface area contributed by atoms with Crippen LogP contribution in [0.1, 0.15) is 39.0 Å². The van der Waals surface area contributed by atoms with Crippen LogP contribution >= 0.6 is 11.6 Å². The lowest BCUT2D eigenvalue weighted by Gasteiger charge is -2.15. The van der Waals surface area contributed by atoms with E-state index in [2.05, 4.69) is 10.5 Å². The minimum atomic E-state index is -0.563. The van der Waals surface area contributed by atoms with E-state index in [0.29, 0.717) is 16.7 Å². The molecule has 2 aromatic heterocycles. The van der Waals surface area contributed by atoms with E-state index in [4.69, 9.17) is 20.8 Å². The molecule has 0 saturated heterocycles. The Kier molecular flexibility index (Phi) is 6.70. The van der Waals surface area contributed by atoms with E-state index in [1.165, 1.54) is 36.7 Å². The van der Waals surface area contributed by atoms with Gasteiger partial charge in [-0.15, -0.1) is 0 Å². The number of nitrogens with zero attached hydrogens (tertiary/aromatic N) is 2. The Morgan fingerprint density at radius 2 is 1.94 bits per heavy atom. The van der Waals surface area contributed by atoms with Gasteiger partial charge in [-0.25, -0.2) is 14.8 Å². The Hall–Kier alpha value is -4.37. The number of hydrogen-bond acceptors (Lipinski definition) is 7. The number of ether oxygens (including phenoxy) is 1. The molecule has 2 heterocycles. The quantitative estimate of drug-likeness (QED) is 0.236. The van der Waals surface area contributed by atoms with Crippen LogP contribution in [0.15, 0.2) is 69.1 Å². The number of hydrogen-bond donors (Lipinski definition) is 2. The van der Waals surface area contributed by atoms with Gasteiger partial charge in [-0.2, -0.15) is 5.10 Å². The van der Waals surface area contributed by atoms with Crippen molar-refractivity contribution in [3.63, 3.8) is 0 Å². The van der Waals surface area contributed by atoms with Crippen LogP contribution in [0.3, 0.4) is 0 Å². The Labute approximate surface area is 204 Å². The zero-order valence-electron chi connectivity index (χ0n) is 18.7. The monoisotopic (exact) mass is 493 g/mol. The molecule has 4 aromatic rings. The van der Waals surface area contributed by atoms with Crippen LogP contribution in [0.5, 0.6) is 5.88 Å². The Morgan fingerprint density at radius 3 is 2.60 bits per heavy atom. The van der Waals surface area contributed by atoms with Gasteiger partial charge in [0.2, 0.25) is 5.88 Å². The number of carbonyl (C=O) groups excluding carboxylic acids is 2. The van der Waals surface area contributed by atoms with Gasteiger partial charge in [0.05, 0.1) is 46.5 Å². The smallest absolute Gasteiger partial charge is 0.338 e. The van der Waals surface area contributed by atoms with E-state index in [-0.39, 0.29) is 33.8 Å². The summed E-state index contributed by atoms with van der Waals surface area (Å²) in [5.74, 6) is -1.08. The van der Waals surface area contributed by atoms with Gasteiger partial charge in [-0.1, -0.05) is 29.8 Å². The van der Waals surface area contributed by atoms with Crippen molar-refractivity contribution < 1.29 is 23.8 Å². The highest BCUT2D eigenvalue weighted by Crippen LogP contribution is 2.29.